The monoisotopic (exact) mass is 728 g/mol. The third kappa shape index (κ3) is 37.4. The predicted molar refractivity (Wildman–Crippen MR) is 181 cm³/mol. The number of amides is 2. The molecule has 0 aliphatic rings. The van der Waals surface area contributed by atoms with Crippen molar-refractivity contribution in [3.8, 4) is 0 Å². The van der Waals surface area contributed by atoms with Crippen molar-refractivity contribution >= 4 is 17.6 Å². The molecule has 0 unspecified atom stereocenters. The van der Waals surface area contributed by atoms with Crippen molar-refractivity contribution in [2.75, 3.05) is 166 Å². The van der Waals surface area contributed by atoms with Gasteiger partial charge >= 0.3 is 0 Å². The molecular weight excluding hydrogens is 664 g/mol. The minimum absolute atomic E-state index is 0.0696. The van der Waals surface area contributed by atoms with E-state index in [0.717, 1.165) is 0 Å². The van der Waals surface area contributed by atoms with Gasteiger partial charge in [-0.05, 0) is 26.2 Å². The van der Waals surface area contributed by atoms with Gasteiger partial charge in [-0.15, -0.1) is 0 Å². The van der Waals surface area contributed by atoms with Crippen LogP contribution in [0.1, 0.15) is 26.2 Å². The molecule has 0 aliphatic carbocycles. The van der Waals surface area contributed by atoms with Crippen LogP contribution in [-0.2, 0) is 71.2 Å². The molecule has 0 bridgehead atoms. The molecule has 0 aromatic carbocycles. The van der Waals surface area contributed by atoms with Crippen molar-refractivity contribution < 1.29 is 71.2 Å². The maximum Gasteiger partial charge on any atom is 0.246 e. The van der Waals surface area contributed by atoms with Crippen molar-refractivity contribution in [3.63, 3.8) is 0 Å². The van der Waals surface area contributed by atoms with Gasteiger partial charge in [0.2, 0.25) is 11.8 Å². The number of Topliss-reactive ketones (excluding diaryl/α,β-unsaturated/α-hetero) is 1. The highest BCUT2D eigenvalue weighted by Crippen LogP contribution is 2.02. The summed E-state index contributed by atoms with van der Waals surface area (Å²) in [6, 6.07) is -0.610. The average Bonchev–Trinajstić information content (AvgIpc) is 3.10. The quantitative estimate of drug-likeness (QED) is 0.0789. The maximum absolute atomic E-state index is 12.2. The van der Waals surface area contributed by atoms with Gasteiger partial charge in [0.25, 0.3) is 0 Å². The largest absolute Gasteiger partial charge is 0.382 e. The van der Waals surface area contributed by atoms with Gasteiger partial charge in [-0.1, -0.05) is 0 Å². The fourth-order valence-corrected chi connectivity index (χ4v) is 3.74. The van der Waals surface area contributed by atoms with Crippen LogP contribution in [0.3, 0.4) is 0 Å². The lowest BCUT2D eigenvalue weighted by Crippen LogP contribution is -2.41. The smallest absolute Gasteiger partial charge is 0.246 e. The van der Waals surface area contributed by atoms with Crippen LogP contribution in [-0.4, -0.2) is 190 Å². The summed E-state index contributed by atoms with van der Waals surface area (Å²) in [7, 11) is 3.25. The van der Waals surface area contributed by atoms with Crippen LogP contribution in [0.25, 0.3) is 0 Å². The van der Waals surface area contributed by atoms with Crippen molar-refractivity contribution in [3.05, 3.63) is 0 Å². The second kappa shape index (κ2) is 39.9. The third-order valence-corrected chi connectivity index (χ3v) is 6.37. The molecule has 1 atom stereocenters. The number of hydrogen-bond donors (Lipinski definition) is 2. The first-order valence-electron chi connectivity index (χ1n) is 17.3. The molecule has 296 valence electrons. The highest BCUT2D eigenvalue weighted by atomic mass is 16.6. The van der Waals surface area contributed by atoms with E-state index < -0.39 is 6.04 Å². The Labute approximate surface area is 297 Å². The molecule has 17 heteroatoms. The van der Waals surface area contributed by atoms with E-state index in [1.807, 2.05) is 0 Å². The first-order valence-corrected chi connectivity index (χ1v) is 17.3. The van der Waals surface area contributed by atoms with Crippen molar-refractivity contribution in [2.24, 2.45) is 0 Å². The van der Waals surface area contributed by atoms with Crippen LogP contribution in [0.5, 0.6) is 0 Å². The molecule has 0 spiro atoms. The summed E-state index contributed by atoms with van der Waals surface area (Å²) in [6.07, 6.45) is 1.75. The summed E-state index contributed by atoms with van der Waals surface area (Å²) >= 11 is 0. The Balaban J connectivity index is 3.55. The van der Waals surface area contributed by atoms with Gasteiger partial charge in [0.15, 0.2) is 5.78 Å². The Morgan fingerprint density at radius 2 is 0.760 bits per heavy atom. The predicted octanol–water partition coefficient (Wildman–Crippen LogP) is -0.194. The van der Waals surface area contributed by atoms with Gasteiger partial charge in [0, 0.05) is 20.8 Å². The van der Waals surface area contributed by atoms with Crippen LogP contribution in [0.2, 0.25) is 0 Å². The highest BCUT2D eigenvalue weighted by Gasteiger charge is 2.16. The molecule has 0 rings (SSSR count). The Kier molecular flexibility index (Phi) is 38.4. The fourth-order valence-electron chi connectivity index (χ4n) is 3.74. The molecule has 0 saturated heterocycles. The molecule has 0 radical (unpaired) electrons. The van der Waals surface area contributed by atoms with E-state index >= 15 is 0 Å². The van der Waals surface area contributed by atoms with Gasteiger partial charge in [0.05, 0.1) is 138 Å². The Morgan fingerprint density at radius 3 is 1.10 bits per heavy atom. The topological polar surface area (TPSA) is 186 Å². The van der Waals surface area contributed by atoms with Crippen molar-refractivity contribution in [2.45, 2.75) is 32.2 Å². The Bertz CT molecular complexity index is 767. The van der Waals surface area contributed by atoms with Crippen LogP contribution >= 0.6 is 0 Å². The van der Waals surface area contributed by atoms with Crippen LogP contribution < -0.4 is 10.6 Å². The van der Waals surface area contributed by atoms with E-state index in [0.29, 0.717) is 145 Å². The zero-order valence-corrected chi connectivity index (χ0v) is 30.6. The first kappa shape index (κ1) is 48.1. The second-order valence-electron chi connectivity index (χ2n) is 10.6. The van der Waals surface area contributed by atoms with E-state index in [9.17, 15) is 14.4 Å². The number of hydrogen-bond acceptors (Lipinski definition) is 15. The van der Waals surface area contributed by atoms with Gasteiger partial charge in [-0.25, -0.2) is 0 Å². The lowest BCUT2D eigenvalue weighted by Gasteiger charge is -2.16. The molecular formula is C33H64N2O15. The minimum Gasteiger partial charge on any atom is -0.382 e. The van der Waals surface area contributed by atoms with Gasteiger partial charge in [-0.3, -0.25) is 14.4 Å². The summed E-state index contributed by atoms with van der Waals surface area (Å²) in [6.45, 7) is 10.6. The molecule has 0 saturated carbocycles. The highest BCUT2D eigenvalue weighted by molar-refractivity contribution is 5.87. The number of carbonyl (C=O) groups is 3. The molecule has 0 heterocycles. The van der Waals surface area contributed by atoms with E-state index in [-0.39, 0.29) is 44.0 Å². The van der Waals surface area contributed by atoms with E-state index in [4.69, 9.17) is 56.8 Å². The van der Waals surface area contributed by atoms with Crippen molar-refractivity contribution in [1.82, 2.24) is 10.6 Å². The summed E-state index contributed by atoms with van der Waals surface area (Å²) in [5, 5.41) is 5.48. The third-order valence-electron chi connectivity index (χ3n) is 6.37. The number of ether oxygens (including phenoxy) is 12. The lowest BCUT2D eigenvalue weighted by molar-refractivity contribution is -0.130. The number of nitrogens with one attached hydrogen (secondary N) is 2. The Hall–Kier alpha value is -1.87. The number of rotatable bonds is 41. The zero-order chi connectivity index (χ0) is 36.6. The number of unbranched alkanes of at least 4 members (excludes halogenated alkanes) is 1. The number of carbonyl (C=O) groups excluding carboxylic acids is 3. The lowest BCUT2D eigenvalue weighted by atomic mass is 10.1. The zero-order valence-electron chi connectivity index (χ0n) is 30.6. The summed E-state index contributed by atoms with van der Waals surface area (Å²) in [5.74, 6) is -0.748. The second-order valence-corrected chi connectivity index (χ2v) is 10.6. The molecule has 2 N–H and O–H groups in total. The molecule has 17 nitrogen and oxygen atoms in total. The van der Waals surface area contributed by atoms with Gasteiger partial charge in [0.1, 0.15) is 13.2 Å². The van der Waals surface area contributed by atoms with Gasteiger partial charge in [-0.2, -0.15) is 0 Å². The van der Waals surface area contributed by atoms with E-state index in [1.165, 1.54) is 6.92 Å². The molecule has 0 aliphatic heterocycles. The SMILES string of the molecule is COCCOCCOCCOCCOCCOCC(=O)NCCCC[C@H](NC(=O)COCCOCCOCCOCCOCCOC)C(C)=O. The molecule has 0 aromatic rings. The minimum atomic E-state index is -0.610. The standard InChI is InChI=1S/C33H64N2O15/c1-30(36)31(35-33(38)29-50-27-25-48-23-21-46-19-17-44-15-13-42-11-9-40-3)6-4-5-7-34-32(37)28-49-26-24-47-22-20-45-18-16-43-14-12-41-10-8-39-2/h31H,4-29H2,1-3H3,(H,34,37)(H,35,38)/t31-/m0/s1. The van der Waals surface area contributed by atoms with Crippen LogP contribution in [0.15, 0.2) is 0 Å². The first-order chi connectivity index (χ1) is 24.5. The summed E-state index contributed by atoms with van der Waals surface area (Å²) in [5.41, 5.74) is 0. The number of ketones is 1. The average molecular weight is 729 g/mol. The summed E-state index contributed by atoms with van der Waals surface area (Å²) in [4.78, 5) is 36.1. The normalized spacial score (nSPS) is 11.9. The Morgan fingerprint density at radius 1 is 0.440 bits per heavy atom. The molecule has 0 fully saturated rings. The van der Waals surface area contributed by atoms with Crippen molar-refractivity contribution in [1.29, 1.82) is 0 Å². The molecule has 2 amide bonds. The fraction of sp³-hybridized carbons (Fsp3) is 0.909. The summed E-state index contributed by atoms with van der Waals surface area (Å²) < 4.78 is 63.4. The van der Waals surface area contributed by atoms with E-state index in [2.05, 4.69) is 10.6 Å². The molecule has 50 heavy (non-hydrogen) atoms. The van der Waals surface area contributed by atoms with Gasteiger partial charge < -0.3 is 67.5 Å². The van der Waals surface area contributed by atoms with E-state index in [1.54, 1.807) is 14.2 Å². The number of methoxy groups -OCH3 is 2. The molecule has 0 aromatic heterocycles. The van der Waals surface area contributed by atoms with Crippen LogP contribution in [0.4, 0.5) is 0 Å². The van der Waals surface area contributed by atoms with Crippen LogP contribution in [0, 0.1) is 0 Å². The maximum atomic E-state index is 12.2.